The van der Waals surface area contributed by atoms with Crippen molar-refractivity contribution in [3.63, 3.8) is 0 Å². The Labute approximate surface area is 103 Å². The summed E-state index contributed by atoms with van der Waals surface area (Å²) in [6.07, 6.45) is 0. The lowest BCUT2D eigenvalue weighted by molar-refractivity contribution is 0.244. The quantitative estimate of drug-likeness (QED) is 0.882. The van der Waals surface area contributed by atoms with E-state index in [1.54, 1.807) is 18.2 Å². The first-order valence-electron chi connectivity index (χ1n) is 5.06. The molecule has 0 spiro atoms. The van der Waals surface area contributed by atoms with Gasteiger partial charge in [0.25, 0.3) is 0 Å². The molecular formula is C12H11ClFNO2. The van der Waals surface area contributed by atoms with E-state index < -0.39 is 5.82 Å². The molecule has 0 aliphatic rings. The molecule has 17 heavy (non-hydrogen) atoms. The average molecular weight is 256 g/mol. The Morgan fingerprint density at radius 2 is 2.00 bits per heavy atom. The summed E-state index contributed by atoms with van der Waals surface area (Å²) in [5.41, 5.74) is 0.619. The van der Waals surface area contributed by atoms with E-state index in [4.69, 9.17) is 21.1 Å². The van der Waals surface area contributed by atoms with Gasteiger partial charge >= 0.3 is 0 Å². The van der Waals surface area contributed by atoms with Crippen LogP contribution in [-0.4, -0.2) is 5.11 Å². The average Bonchev–Trinajstić information content (AvgIpc) is 2.79. The van der Waals surface area contributed by atoms with Gasteiger partial charge < -0.3 is 14.8 Å². The monoisotopic (exact) mass is 255 g/mol. The second-order valence-electron chi connectivity index (χ2n) is 3.51. The van der Waals surface area contributed by atoms with E-state index in [0.29, 0.717) is 23.8 Å². The number of anilines is 1. The normalized spacial score (nSPS) is 10.5. The van der Waals surface area contributed by atoms with Gasteiger partial charge in [-0.25, -0.2) is 4.39 Å². The molecule has 0 fully saturated rings. The number of halogens is 2. The molecule has 1 heterocycles. The smallest absolute Gasteiger partial charge is 0.143 e. The molecule has 90 valence electrons. The van der Waals surface area contributed by atoms with Crippen molar-refractivity contribution in [1.82, 2.24) is 0 Å². The van der Waals surface area contributed by atoms with E-state index in [-0.39, 0.29) is 11.6 Å². The number of hydrogen-bond donors (Lipinski definition) is 2. The molecule has 2 rings (SSSR count). The van der Waals surface area contributed by atoms with Crippen molar-refractivity contribution in [2.24, 2.45) is 0 Å². The summed E-state index contributed by atoms with van der Waals surface area (Å²) < 4.78 is 18.4. The Balaban J connectivity index is 1.99. The lowest BCUT2D eigenvalue weighted by Crippen LogP contribution is -1.98. The van der Waals surface area contributed by atoms with Crippen LogP contribution in [0.4, 0.5) is 10.1 Å². The number of hydrogen-bond acceptors (Lipinski definition) is 3. The van der Waals surface area contributed by atoms with E-state index in [0.717, 1.165) is 0 Å². The zero-order chi connectivity index (χ0) is 12.3. The first kappa shape index (κ1) is 12.0. The zero-order valence-corrected chi connectivity index (χ0v) is 9.67. The van der Waals surface area contributed by atoms with Crippen LogP contribution in [0.15, 0.2) is 34.7 Å². The fourth-order valence-corrected chi connectivity index (χ4v) is 1.52. The Hall–Kier alpha value is -1.52. The number of rotatable bonds is 4. The second kappa shape index (κ2) is 5.21. The topological polar surface area (TPSA) is 45.4 Å². The fraction of sp³-hybridized carbons (Fsp3) is 0.167. The van der Waals surface area contributed by atoms with Gasteiger partial charge in [-0.15, -0.1) is 0 Å². The molecule has 0 bridgehead atoms. The van der Waals surface area contributed by atoms with Gasteiger partial charge in [0.1, 0.15) is 23.9 Å². The molecule has 0 atom stereocenters. The van der Waals surface area contributed by atoms with Gasteiger partial charge in [-0.05, 0) is 30.3 Å². The van der Waals surface area contributed by atoms with Crippen LogP contribution in [0, 0.1) is 5.82 Å². The number of nitrogens with one attached hydrogen (secondary N) is 1. The first-order valence-corrected chi connectivity index (χ1v) is 5.44. The molecule has 2 N–H and O–H groups in total. The molecule has 0 aliphatic heterocycles. The van der Waals surface area contributed by atoms with Crippen LogP contribution in [-0.2, 0) is 13.2 Å². The molecule has 0 unspecified atom stereocenters. The van der Waals surface area contributed by atoms with Gasteiger partial charge in [0, 0.05) is 5.69 Å². The van der Waals surface area contributed by atoms with Gasteiger partial charge in [-0.1, -0.05) is 11.6 Å². The summed E-state index contributed by atoms with van der Waals surface area (Å²) in [5.74, 6) is 0.709. The zero-order valence-electron chi connectivity index (χ0n) is 8.91. The summed E-state index contributed by atoms with van der Waals surface area (Å²) in [6.45, 7) is 0.288. The molecule has 1 aromatic heterocycles. The van der Waals surface area contributed by atoms with Crippen LogP contribution < -0.4 is 5.32 Å². The van der Waals surface area contributed by atoms with Crippen LogP contribution in [0.5, 0.6) is 0 Å². The molecule has 0 saturated carbocycles. The van der Waals surface area contributed by atoms with Crippen molar-refractivity contribution in [3.8, 4) is 0 Å². The fourth-order valence-electron chi connectivity index (χ4n) is 1.40. The lowest BCUT2D eigenvalue weighted by Gasteiger charge is -2.05. The standard InChI is InChI=1S/C12H11ClFNO2/c13-11-4-1-8(5-12(11)14)15-6-9-2-3-10(7-16)17-9/h1-5,15-16H,6-7H2. The van der Waals surface area contributed by atoms with Crippen LogP contribution in [0.25, 0.3) is 0 Å². The van der Waals surface area contributed by atoms with E-state index in [1.807, 2.05) is 0 Å². The van der Waals surface area contributed by atoms with Crippen molar-refractivity contribution in [2.75, 3.05) is 5.32 Å². The molecule has 1 aromatic carbocycles. The van der Waals surface area contributed by atoms with Gasteiger partial charge in [0.2, 0.25) is 0 Å². The number of aliphatic hydroxyl groups is 1. The van der Waals surface area contributed by atoms with E-state index in [9.17, 15) is 4.39 Å². The lowest BCUT2D eigenvalue weighted by atomic mass is 10.3. The molecule has 0 aliphatic carbocycles. The molecular weight excluding hydrogens is 245 g/mol. The van der Waals surface area contributed by atoms with Crippen LogP contribution in [0.3, 0.4) is 0 Å². The summed E-state index contributed by atoms with van der Waals surface area (Å²) in [7, 11) is 0. The summed E-state index contributed by atoms with van der Waals surface area (Å²) in [6, 6.07) is 7.93. The molecule has 0 radical (unpaired) electrons. The second-order valence-corrected chi connectivity index (χ2v) is 3.92. The minimum atomic E-state index is -0.466. The van der Waals surface area contributed by atoms with E-state index in [2.05, 4.69) is 5.32 Å². The SMILES string of the molecule is OCc1ccc(CNc2ccc(Cl)c(F)c2)o1. The van der Waals surface area contributed by atoms with Gasteiger partial charge in [-0.3, -0.25) is 0 Å². The van der Waals surface area contributed by atoms with Crippen molar-refractivity contribution >= 4 is 17.3 Å². The predicted octanol–water partition coefficient (Wildman–Crippen LogP) is 3.18. The first-order chi connectivity index (χ1) is 8.19. The predicted molar refractivity (Wildman–Crippen MR) is 63.4 cm³/mol. The van der Waals surface area contributed by atoms with Crippen molar-refractivity contribution in [1.29, 1.82) is 0 Å². The maximum Gasteiger partial charge on any atom is 0.143 e. The summed E-state index contributed by atoms with van der Waals surface area (Å²) >= 11 is 5.57. The highest BCUT2D eigenvalue weighted by Crippen LogP contribution is 2.19. The minimum absolute atomic E-state index is 0.0936. The highest BCUT2D eigenvalue weighted by Gasteiger charge is 2.03. The highest BCUT2D eigenvalue weighted by molar-refractivity contribution is 6.30. The molecule has 3 nitrogen and oxygen atoms in total. The summed E-state index contributed by atoms with van der Waals surface area (Å²) in [5, 5.41) is 11.9. The van der Waals surface area contributed by atoms with Crippen molar-refractivity contribution < 1.29 is 13.9 Å². The third-order valence-corrected chi connectivity index (χ3v) is 2.57. The van der Waals surface area contributed by atoms with E-state index in [1.165, 1.54) is 12.1 Å². The van der Waals surface area contributed by atoms with E-state index >= 15 is 0 Å². The Morgan fingerprint density at radius 1 is 1.24 bits per heavy atom. The summed E-state index contributed by atoms with van der Waals surface area (Å²) in [4.78, 5) is 0. The van der Waals surface area contributed by atoms with Crippen LogP contribution in [0.1, 0.15) is 11.5 Å². The molecule has 5 heteroatoms. The third kappa shape index (κ3) is 2.99. The Kier molecular flexibility index (Phi) is 3.66. The van der Waals surface area contributed by atoms with Gasteiger partial charge in [0.05, 0.1) is 11.6 Å². The Morgan fingerprint density at radius 3 is 2.65 bits per heavy atom. The minimum Gasteiger partial charge on any atom is -0.462 e. The molecule has 0 saturated heterocycles. The number of aliphatic hydroxyl groups excluding tert-OH is 1. The van der Waals surface area contributed by atoms with Crippen molar-refractivity contribution in [2.45, 2.75) is 13.2 Å². The number of benzene rings is 1. The number of furan rings is 1. The molecule has 2 aromatic rings. The van der Waals surface area contributed by atoms with Crippen LogP contribution >= 0.6 is 11.6 Å². The maximum atomic E-state index is 13.1. The van der Waals surface area contributed by atoms with Crippen molar-refractivity contribution in [3.05, 3.63) is 52.7 Å². The van der Waals surface area contributed by atoms with Gasteiger partial charge in [-0.2, -0.15) is 0 Å². The maximum absolute atomic E-state index is 13.1. The molecule has 0 amide bonds. The Bertz CT molecular complexity index is 513. The van der Waals surface area contributed by atoms with Crippen LogP contribution in [0.2, 0.25) is 5.02 Å². The highest BCUT2D eigenvalue weighted by atomic mass is 35.5. The van der Waals surface area contributed by atoms with Gasteiger partial charge in [0.15, 0.2) is 0 Å². The third-order valence-electron chi connectivity index (χ3n) is 2.26. The largest absolute Gasteiger partial charge is 0.462 e.